The Morgan fingerprint density at radius 3 is 2.82 bits per heavy atom. The van der Waals surface area contributed by atoms with Crippen LogP contribution in [0.2, 0.25) is 0 Å². The molecule has 0 unspecified atom stereocenters. The Labute approximate surface area is 129 Å². The largest absolute Gasteiger partial charge is 0.352 e. The van der Waals surface area contributed by atoms with Gasteiger partial charge in [0.05, 0.1) is 6.54 Å². The van der Waals surface area contributed by atoms with Crippen LogP contribution >= 0.6 is 0 Å². The number of hydrogen-bond donors (Lipinski definition) is 1. The normalized spacial score (nSPS) is 14.5. The van der Waals surface area contributed by atoms with Crippen LogP contribution in [-0.2, 0) is 4.79 Å². The molecule has 0 radical (unpaired) electrons. The molecule has 2 heterocycles. The van der Waals surface area contributed by atoms with Crippen molar-refractivity contribution in [2.75, 3.05) is 18.0 Å². The fourth-order valence-corrected chi connectivity index (χ4v) is 2.46. The SMILES string of the molecule is CCN(CC(=O)NC(C)C)c1ccc2nnc(C3CC3)n2n1. The number of carbonyl (C=O) groups excluding carboxylic acids is 1. The van der Waals surface area contributed by atoms with E-state index in [-0.39, 0.29) is 11.9 Å². The number of likely N-dealkylation sites (N-methyl/N-ethyl adjacent to an activating group) is 1. The van der Waals surface area contributed by atoms with Crippen molar-refractivity contribution in [2.24, 2.45) is 0 Å². The van der Waals surface area contributed by atoms with Crippen molar-refractivity contribution in [2.45, 2.75) is 45.6 Å². The lowest BCUT2D eigenvalue weighted by molar-refractivity contribution is -0.120. The number of fused-ring (bicyclic) bond motifs is 1. The van der Waals surface area contributed by atoms with Crippen molar-refractivity contribution in [3.05, 3.63) is 18.0 Å². The van der Waals surface area contributed by atoms with Crippen LogP contribution in [0, 0.1) is 0 Å². The Bertz CT molecular complexity index is 676. The zero-order valence-corrected chi connectivity index (χ0v) is 13.3. The van der Waals surface area contributed by atoms with Gasteiger partial charge in [-0.2, -0.15) is 4.52 Å². The lowest BCUT2D eigenvalue weighted by Gasteiger charge is -2.22. The van der Waals surface area contributed by atoms with Gasteiger partial charge in [0.1, 0.15) is 5.82 Å². The molecule has 0 aliphatic heterocycles. The molecule has 3 rings (SSSR count). The Kier molecular flexibility index (Phi) is 3.96. The molecule has 7 heteroatoms. The van der Waals surface area contributed by atoms with Crippen molar-refractivity contribution in [3.8, 4) is 0 Å². The molecule has 1 fully saturated rings. The Balaban J connectivity index is 1.83. The van der Waals surface area contributed by atoms with Gasteiger partial charge < -0.3 is 10.2 Å². The van der Waals surface area contributed by atoms with Gasteiger partial charge in [0.25, 0.3) is 0 Å². The second kappa shape index (κ2) is 5.90. The lowest BCUT2D eigenvalue weighted by Crippen LogP contribution is -2.40. The van der Waals surface area contributed by atoms with Crippen molar-refractivity contribution >= 4 is 17.4 Å². The van der Waals surface area contributed by atoms with E-state index in [0.717, 1.165) is 30.1 Å². The first kappa shape index (κ1) is 14.7. The number of rotatable bonds is 6. The molecular formula is C15H22N6O. The standard InChI is InChI=1S/C15H22N6O/c1-4-20(9-14(22)16-10(2)3)13-8-7-12-17-18-15(11-5-6-11)21(12)19-13/h7-8,10-11H,4-6,9H2,1-3H3,(H,16,22). The summed E-state index contributed by atoms with van der Waals surface area (Å²) < 4.78 is 1.82. The molecule has 0 spiro atoms. The van der Waals surface area contributed by atoms with E-state index in [2.05, 4.69) is 20.6 Å². The summed E-state index contributed by atoms with van der Waals surface area (Å²) in [6, 6.07) is 3.94. The first-order valence-corrected chi connectivity index (χ1v) is 7.85. The first-order chi connectivity index (χ1) is 10.6. The predicted octanol–water partition coefficient (Wildman–Crippen LogP) is 1.35. The van der Waals surface area contributed by atoms with Crippen molar-refractivity contribution in [1.29, 1.82) is 0 Å². The molecule has 2 aromatic rings. The summed E-state index contributed by atoms with van der Waals surface area (Å²) >= 11 is 0. The monoisotopic (exact) mass is 302 g/mol. The van der Waals surface area contributed by atoms with Crippen LogP contribution in [0.1, 0.15) is 45.4 Å². The summed E-state index contributed by atoms with van der Waals surface area (Å²) in [5, 5.41) is 15.9. The van der Waals surface area contributed by atoms with Crippen molar-refractivity contribution in [3.63, 3.8) is 0 Å². The van der Waals surface area contributed by atoms with Crippen molar-refractivity contribution in [1.82, 2.24) is 25.1 Å². The van der Waals surface area contributed by atoms with Crippen LogP contribution in [0.3, 0.4) is 0 Å². The zero-order chi connectivity index (χ0) is 15.7. The van der Waals surface area contributed by atoms with Gasteiger partial charge in [-0.15, -0.1) is 15.3 Å². The molecule has 0 atom stereocenters. The molecule has 22 heavy (non-hydrogen) atoms. The van der Waals surface area contributed by atoms with Gasteiger partial charge in [-0.1, -0.05) is 0 Å². The Hall–Kier alpha value is -2.18. The van der Waals surface area contributed by atoms with Gasteiger partial charge in [-0.25, -0.2) is 0 Å². The highest BCUT2D eigenvalue weighted by Crippen LogP contribution is 2.38. The first-order valence-electron chi connectivity index (χ1n) is 7.85. The van der Waals surface area contributed by atoms with E-state index in [0.29, 0.717) is 19.0 Å². The van der Waals surface area contributed by atoms with Crippen LogP contribution in [0.5, 0.6) is 0 Å². The fourth-order valence-electron chi connectivity index (χ4n) is 2.46. The van der Waals surface area contributed by atoms with E-state index in [9.17, 15) is 4.79 Å². The van der Waals surface area contributed by atoms with E-state index in [4.69, 9.17) is 0 Å². The number of nitrogens with zero attached hydrogens (tertiary/aromatic N) is 5. The van der Waals surface area contributed by atoms with Gasteiger partial charge >= 0.3 is 0 Å². The summed E-state index contributed by atoms with van der Waals surface area (Å²) in [4.78, 5) is 13.9. The molecule has 1 saturated carbocycles. The van der Waals surface area contributed by atoms with Gasteiger partial charge in [0.2, 0.25) is 5.91 Å². The van der Waals surface area contributed by atoms with Gasteiger partial charge in [-0.3, -0.25) is 4.79 Å². The van der Waals surface area contributed by atoms with Gasteiger partial charge in [0.15, 0.2) is 11.5 Å². The number of hydrogen-bond acceptors (Lipinski definition) is 5. The average Bonchev–Trinajstić information content (AvgIpc) is 3.23. The smallest absolute Gasteiger partial charge is 0.239 e. The highest BCUT2D eigenvalue weighted by molar-refractivity contribution is 5.81. The lowest BCUT2D eigenvalue weighted by atomic mass is 10.3. The average molecular weight is 302 g/mol. The maximum absolute atomic E-state index is 12.0. The molecule has 118 valence electrons. The zero-order valence-electron chi connectivity index (χ0n) is 13.3. The quantitative estimate of drug-likeness (QED) is 0.872. The topological polar surface area (TPSA) is 75.4 Å². The maximum atomic E-state index is 12.0. The van der Waals surface area contributed by atoms with Gasteiger partial charge in [-0.05, 0) is 45.7 Å². The minimum absolute atomic E-state index is 0.00456. The minimum atomic E-state index is 0.00456. The predicted molar refractivity (Wildman–Crippen MR) is 83.9 cm³/mol. The highest BCUT2D eigenvalue weighted by atomic mass is 16.2. The third-order valence-electron chi connectivity index (χ3n) is 3.71. The minimum Gasteiger partial charge on any atom is -0.352 e. The molecule has 1 aliphatic rings. The second-order valence-corrected chi connectivity index (χ2v) is 6.03. The summed E-state index contributed by atoms with van der Waals surface area (Å²) in [6.07, 6.45) is 2.31. The van der Waals surface area contributed by atoms with Crippen LogP contribution in [0.25, 0.3) is 5.65 Å². The summed E-state index contributed by atoms with van der Waals surface area (Å²) in [7, 11) is 0. The number of anilines is 1. The van der Waals surface area contributed by atoms with E-state index >= 15 is 0 Å². The summed E-state index contributed by atoms with van der Waals surface area (Å²) in [5.74, 6) is 2.19. The number of amides is 1. The van der Waals surface area contributed by atoms with Crippen LogP contribution in [-0.4, -0.2) is 44.8 Å². The molecule has 0 bridgehead atoms. The number of aromatic nitrogens is 4. The summed E-state index contributed by atoms with van der Waals surface area (Å²) in [6.45, 7) is 6.94. The Morgan fingerprint density at radius 1 is 1.41 bits per heavy atom. The van der Waals surface area contributed by atoms with Gasteiger partial charge in [0, 0.05) is 18.5 Å². The third-order valence-corrected chi connectivity index (χ3v) is 3.71. The summed E-state index contributed by atoms with van der Waals surface area (Å²) in [5.41, 5.74) is 0.758. The number of carbonyl (C=O) groups is 1. The Morgan fingerprint density at radius 2 is 2.18 bits per heavy atom. The highest BCUT2D eigenvalue weighted by Gasteiger charge is 2.29. The van der Waals surface area contributed by atoms with E-state index in [1.54, 1.807) is 0 Å². The molecule has 0 aromatic carbocycles. The molecule has 0 saturated heterocycles. The van der Waals surface area contributed by atoms with Crippen LogP contribution in [0.15, 0.2) is 12.1 Å². The maximum Gasteiger partial charge on any atom is 0.239 e. The fraction of sp³-hybridized carbons (Fsp3) is 0.600. The van der Waals surface area contributed by atoms with Crippen molar-refractivity contribution < 1.29 is 4.79 Å². The van der Waals surface area contributed by atoms with Crippen LogP contribution in [0.4, 0.5) is 5.82 Å². The molecule has 2 aromatic heterocycles. The van der Waals surface area contributed by atoms with E-state index in [1.165, 1.54) is 0 Å². The third kappa shape index (κ3) is 3.03. The van der Waals surface area contributed by atoms with E-state index < -0.39 is 0 Å². The van der Waals surface area contributed by atoms with E-state index in [1.807, 2.05) is 42.3 Å². The van der Waals surface area contributed by atoms with Crippen LogP contribution < -0.4 is 10.2 Å². The molecule has 1 N–H and O–H groups in total. The number of nitrogens with one attached hydrogen (secondary N) is 1. The second-order valence-electron chi connectivity index (χ2n) is 6.03. The molecule has 1 aliphatic carbocycles. The molecule has 1 amide bonds. The molecule has 7 nitrogen and oxygen atoms in total. The molecular weight excluding hydrogens is 280 g/mol.